The lowest BCUT2D eigenvalue weighted by Crippen LogP contribution is -2.30. The summed E-state index contributed by atoms with van der Waals surface area (Å²) in [6, 6.07) is 0. The topological polar surface area (TPSA) is 78.9 Å². The third kappa shape index (κ3) is 40.6. The van der Waals surface area contributed by atoms with Gasteiger partial charge in [-0.25, -0.2) is 0 Å². The predicted molar refractivity (Wildman–Crippen MR) is 229 cm³/mol. The van der Waals surface area contributed by atoms with E-state index in [9.17, 15) is 14.4 Å². The second kappa shape index (κ2) is 43.1. The molecule has 0 saturated heterocycles. The first kappa shape index (κ1) is 51.4. The molecule has 6 heteroatoms. The van der Waals surface area contributed by atoms with E-state index in [1.165, 1.54) is 103 Å². The monoisotopic (exact) mass is 757 g/mol. The van der Waals surface area contributed by atoms with E-state index in [1.807, 2.05) is 0 Å². The number of carbonyl (C=O) groups excluding carboxylic acids is 3. The van der Waals surface area contributed by atoms with Crippen LogP contribution in [-0.4, -0.2) is 37.2 Å². The average molecular weight is 757 g/mol. The van der Waals surface area contributed by atoms with Gasteiger partial charge in [-0.1, -0.05) is 159 Å². The average Bonchev–Trinajstić information content (AvgIpc) is 3.17. The molecule has 0 aromatic carbocycles. The Morgan fingerprint density at radius 1 is 0.370 bits per heavy atom. The molecule has 1 atom stereocenters. The number of hydrogen-bond acceptors (Lipinski definition) is 6. The van der Waals surface area contributed by atoms with E-state index in [-0.39, 0.29) is 31.1 Å². The predicted octanol–water partition coefficient (Wildman–Crippen LogP) is 14.4. The number of ether oxygens (including phenoxy) is 3. The Morgan fingerprint density at radius 3 is 1.15 bits per heavy atom. The molecule has 0 bridgehead atoms. The molecule has 54 heavy (non-hydrogen) atoms. The van der Waals surface area contributed by atoms with Gasteiger partial charge in [0, 0.05) is 19.3 Å². The van der Waals surface area contributed by atoms with Crippen LogP contribution in [0.25, 0.3) is 0 Å². The highest BCUT2D eigenvalue weighted by molar-refractivity contribution is 5.71. The summed E-state index contributed by atoms with van der Waals surface area (Å²) in [5.41, 5.74) is 0. The van der Waals surface area contributed by atoms with Crippen LogP contribution < -0.4 is 0 Å². The van der Waals surface area contributed by atoms with Gasteiger partial charge in [-0.15, -0.1) is 0 Å². The lowest BCUT2D eigenvalue weighted by molar-refractivity contribution is -0.167. The molecule has 0 N–H and O–H groups in total. The number of unbranched alkanes of at least 4 members (excludes halogenated alkanes) is 22. The molecular weight excluding hydrogens is 673 g/mol. The summed E-state index contributed by atoms with van der Waals surface area (Å²) in [6.45, 7) is 6.49. The summed E-state index contributed by atoms with van der Waals surface area (Å²) >= 11 is 0. The maximum Gasteiger partial charge on any atom is 0.306 e. The maximum absolute atomic E-state index is 12.7. The van der Waals surface area contributed by atoms with Gasteiger partial charge in [-0.2, -0.15) is 0 Å². The van der Waals surface area contributed by atoms with Crippen LogP contribution in [0.15, 0.2) is 48.6 Å². The minimum Gasteiger partial charge on any atom is -0.462 e. The third-order valence-electron chi connectivity index (χ3n) is 9.55. The minimum atomic E-state index is -0.789. The molecule has 0 aromatic rings. The van der Waals surface area contributed by atoms with Gasteiger partial charge in [0.05, 0.1) is 0 Å². The highest BCUT2D eigenvalue weighted by Crippen LogP contribution is 2.13. The molecule has 6 nitrogen and oxygen atoms in total. The molecule has 0 rings (SSSR count). The van der Waals surface area contributed by atoms with E-state index in [0.29, 0.717) is 25.7 Å². The summed E-state index contributed by atoms with van der Waals surface area (Å²) in [5, 5.41) is 0. The number of hydrogen-bond donors (Lipinski definition) is 0. The van der Waals surface area contributed by atoms with E-state index in [1.54, 1.807) is 0 Å². The highest BCUT2D eigenvalue weighted by atomic mass is 16.6. The van der Waals surface area contributed by atoms with Gasteiger partial charge in [0.1, 0.15) is 13.2 Å². The van der Waals surface area contributed by atoms with Crippen molar-refractivity contribution in [1.29, 1.82) is 0 Å². The van der Waals surface area contributed by atoms with Crippen LogP contribution in [0.3, 0.4) is 0 Å². The van der Waals surface area contributed by atoms with E-state index in [0.717, 1.165) is 70.6 Å². The van der Waals surface area contributed by atoms with Gasteiger partial charge in [0.2, 0.25) is 0 Å². The zero-order chi connectivity index (χ0) is 39.4. The van der Waals surface area contributed by atoms with Crippen molar-refractivity contribution in [3.8, 4) is 0 Å². The molecule has 0 aliphatic carbocycles. The Kier molecular flexibility index (Phi) is 41.0. The van der Waals surface area contributed by atoms with E-state index in [2.05, 4.69) is 69.4 Å². The van der Waals surface area contributed by atoms with Crippen LogP contribution >= 0.6 is 0 Å². The number of allylic oxidation sites excluding steroid dienone is 8. The second-order valence-electron chi connectivity index (χ2n) is 15.0. The second-order valence-corrected chi connectivity index (χ2v) is 15.0. The van der Waals surface area contributed by atoms with Crippen LogP contribution in [0.4, 0.5) is 0 Å². The normalized spacial score (nSPS) is 12.4. The quantitative estimate of drug-likeness (QED) is 0.0204. The zero-order valence-electron chi connectivity index (χ0n) is 35.5. The largest absolute Gasteiger partial charge is 0.462 e. The van der Waals surface area contributed by atoms with Crippen LogP contribution in [0.2, 0.25) is 0 Å². The van der Waals surface area contributed by atoms with E-state index >= 15 is 0 Å². The standard InChI is InChI=1S/C48H84O6/c1-4-7-10-13-16-19-21-23-24-25-27-29-32-35-38-41-47(50)53-44-45(43-52-46(49)40-37-34-31-28-18-15-12-9-6-3)54-48(51)42-39-36-33-30-26-22-20-17-14-11-8-5-2/h16-17,19-21,23,28,31,45H,4-15,18,22,24-27,29-30,32-44H2,1-3H3/b19-16-,20-17-,23-21-,31-28-. The van der Waals surface area contributed by atoms with Crippen molar-refractivity contribution in [3.05, 3.63) is 48.6 Å². The fourth-order valence-electron chi connectivity index (χ4n) is 6.08. The van der Waals surface area contributed by atoms with Gasteiger partial charge >= 0.3 is 17.9 Å². The zero-order valence-corrected chi connectivity index (χ0v) is 35.5. The first-order chi connectivity index (χ1) is 26.5. The van der Waals surface area contributed by atoms with E-state index in [4.69, 9.17) is 14.2 Å². The summed E-state index contributed by atoms with van der Waals surface area (Å²) < 4.78 is 16.6. The molecule has 1 unspecified atom stereocenters. The van der Waals surface area contributed by atoms with Crippen molar-refractivity contribution in [2.45, 2.75) is 226 Å². The Bertz CT molecular complexity index is 964. The van der Waals surface area contributed by atoms with Crippen LogP contribution in [0.1, 0.15) is 220 Å². The smallest absolute Gasteiger partial charge is 0.306 e. The molecule has 0 radical (unpaired) electrons. The Morgan fingerprint density at radius 2 is 0.685 bits per heavy atom. The van der Waals surface area contributed by atoms with Crippen molar-refractivity contribution < 1.29 is 28.6 Å². The van der Waals surface area contributed by atoms with Gasteiger partial charge in [-0.3, -0.25) is 14.4 Å². The molecular formula is C48H84O6. The highest BCUT2D eigenvalue weighted by Gasteiger charge is 2.19. The summed E-state index contributed by atoms with van der Waals surface area (Å²) in [5.74, 6) is -0.951. The molecule has 0 aliphatic rings. The molecule has 0 fully saturated rings. The van der Waals surface area contributed by atoms with E-state index < -0.39 is 6.10 Å². The number of rotatable bonds is 40. The Hall–Kier alpha value is -2.63. The Balaban J connectivity index is 4.40. The van der Waals surface area contributed by atoms with Crippen molar-refractivity contribution >= 4 is 17.9 Å². The van der Waals surface area contributed by atoms with Crippen LogP contribution in [0, 0.1) is 0 Å². The van der Waals surface area contributed by atoms with Gasteiger partial charge < -0.3 is 14.2 Å². The van der Waals surface area contributed by atoms with Gasteiger partial charge in [0.25, 0.3) is 0 Å². The molecule has 0 aromatic heterocycles. The molecule has 0 saturated carbocycles. The third-order valence-corrected chi connectivity index (χ3v) is 9.55. The summed E-state index contributed by atoms with van der Waals surface area (Å²) in [4.78, 5) is 37.6. The molecule has 0 spiro atoms. The lowest BCUT2D eigenvalue weighted by atomic mass is 10.1. The first-order valence-corrected chi connectivity index (χ1v) is 22.7. The minimum absolute atomic E-state index is 0.0912. The molecule has 312 valence electrons. The lowest BCUT2D eigenvalue weighted by Gasteiger charge is -2.18. The van der Waals surface area contributed by atoms with Crippen molar-refractivity contribution in [1.82, 2.24) is 0 Å². The first-order valence-electron chi connectivity index (χ1n) is 22.7. The van der Waals surface area contributed by atoms with Crippen molar-refractivity contribution in [2.75, 3.05) is 13.2 Å². The van der Waals surface area contributed by atoms with Gasteiger partial charge in [0.15, 0.2) is 6.10 Å². The molecule has 0 amide bonds. The Labute approximate surface area is 333 Å². The fourth-order valence-corrected chi connectivity index (χ4v) is 6.08. The SMILES string of the molecule is CCCCC/C=C\C=C/CCCCCCCCC(=O)OCC(COC(=O)CCC/C=C\CCCCCC)OC(=O)CCCCCCC/C=C\CCCCC. The van der Waals surface area contributed by atoms with Gasteiger partial charge in [-0.05, 0) is 89.9 Å². The van der Waals surface area contributed by atoms with Crippen molar-refractivity contribution in [2.24, 2.45) is 0 Å². The number of carbonyl (C=O) groups is 3. The van der Waals surface area contributed by atoms with Crippen LogP contribution in [0.5, 0.6) is 0 Å². The fraction of sp³-hybridized carbons (Fsp3) is 0.771. The summed E-state index contributed by atoms with van der Waals surface area (Å²) in [7, 11) is 0. The van der Waals surface area contributed by atoms with Crippen LogP contribution in [-0.2, 0) is 28.6 Å². The maximum atomic E-state index is 12.7. The molecule has 0 heterocycles. The van der Waals surface area contributed by atoms with Crippen molar-refractivity contribution in [3.63, 3.8) is 0 Å². The molecule has 0 aliphatic heterocycles. The summed E-state index contributed by atoms with van der Waals surface area (Å²) in [6.07, 6.45) is 49.5. The number of esters is 3.